The third kappa shape index (κ3) is 5.49. The van der Waals surface area contributed by atoms with Gasteiger partial charge in [0, 0.05) is 70.9 Å². The number of hydrogen-bond acceptors (Lipinski definition) is 5. The fourth-order valence-corrected chi connectivity index (χ4v) is 5.86. The van der Waals surface area contributed by atoms with Gasteiger partial charge in [0.1, 0.15) is 12.4 Å². The predicted molar refractivity (Wildman–Crippen MR) is 149 cm³/mol. The van der Waals surface area contributed by atoms with Crippen molar-refractivity contribution in [1.29, 1.82) is 0 Å². The molecule has 4 aromatic rings. The Kier molecular flexibility index (Phi) is 6.77. The van der Waals surface area contributed by atoms with E-state index >= 15 is 0 Å². The highest BCUT2D eigenvalue weighted by Crippen LogP contribution is 2.37. The van der Waals surface area contributed by atoms with Crippen LogP contribution in [0.15, 0.2) is 72.8 Å². The van der Waals surface area contributed by atoms with Crippen molar-refractivity contribution < 1.29 is 17.9 Å². The molecule has 0 saturated carbocycles. The SMILES string of the molecule is Cc1cc(Nc2cc(OCCN3CC4CC3CN4c3ccc(Cl)cc3)cc(C(F)(F)F)c2)c2ccccc2n1. The molecule has 6 rings (SSSR count). The Labute approximate surface area is 230 Å². The van der Waals surface area contributed by atoms with Crippen molar-refractivity contribution in [1.82, 2.24) is 9.88 Å². The average Bonchev–Trinajstić information content (AvgIpc) is 3.49. The van der Waals surface area contributed by atoms with Crippen molar-refractivity contribution in [3.05, 3.63) is 89.1 Å². The Balaban J connectivity index is 1.14. The van der Waals surface area contributed by atoms with Crippen molar-refractivity contribution >= 4 is 39.6 Å². The number of nitrogens with zero attached hydrogens (tertiary/aromatic N) is 3. The Morgan fingerprint density at radius 3 is 2.54 bits per heavy atom. The van der Waals surface area contributed by atoms with Crippen LogP contribution in [-0.2, 0) is 6.18 Å². The van der Waals surface area contributed by atoms with Crippen LogP contribution in [0.25, 0.3) is 10.9 Å². The smallest absolute Gasteiger partial charge is 0.416 e. The Morgan fingerprint density at radius 1 is 1.00 bits per heavy atom. The van der Waals surface area contributed by atoms with Gasteiger partial charge in [0.25, 0.3) is 0 Å². The number of rotatable bonds is 7. The molecule has 5 nitrogen and oxygen atoms in total. The Hall–Kier alpha value is -3.49. The fraction of sp³-hybridized carbons (Fsp3) is 0.300. The van der Waals surface area contributed by atoms with E-state index in [9.17, 15) is 13.2 Å². The maximum atomic E-state index is 13.8. The molecule has 2 aliphatic rings. The molecule has 2 aliphatic heterocycles. The molecule has 2 saturated heterocycles. The summed E-state index contributed by atoms with van der Waals surface area (Å²) in [6.07, 6.45) is -3.43. The highest BCUT2D eigenvalue weighted by atomic mass is 35.5. The Bertz CT molecular complexity index is 1490. The fourth-order valence-electron chi connectivity index (χ4n) is 5.74. The van der Waals surface area contributed by atoms with Gasteiger partial charge in [-0.05, 0) is 61.9 Å². The molecule has 1 N–H and O–H groups in total. The molecule has 202 valence electrons. The number of anilines is 3. The molecule has 0 aliphatic carbocycles. The number of piperazine rings is 1. The van der Waals surface area contributed by atoms with Crippen molar-refractivity contribution in [2.45, 2.75) is 31.6 Å². The molecule has 2 atom stereocenters. The molecule has 2 fully saturated rings. The van der Waals surface area contributed by atoms with E-state index in [1.54, 1.807) is 6.07 Å². The minimum atomic E-state index is -4.49. The number of pyridine rings is 1. The Morgan fingerprint density at radius 2 is 1.79 bits per heavy atom. The minimum absolute atomic E-state index is 0.189. The zero-order valence-corrected chi connectivity index (χ0v) is 22.1. The van der Waals surface area contributed by atoms with Crippen molar-refractivity contribution in [3.8, 4) is 5.75 Å². The molecule has 1 aromatic heterocycles. The van der Waals surface area contributed by atoms with Crippen LogP contribution in [0.4, 0.5) is 30.2 Å². The topological polar surface area (TPSA) is 40.6 Å². The number of likely N-dealkylation sites (tertiary alicyclic amines) is 1. The average molecular weight is 553 g/mol. The second-order valence-corrected chi connectivity index (χ2v) is 10.6. The summed E-state index contributed by atoms with van der Waals surface area (Å²) < 4.78 is 47.2. The summed E-state index contributed by atoms with van der Waals surface area (Å²) in [6, 6.07) is 21.9. The zero-order chi connectivity index (χ0) is 27.1. The number of nitrogens with one attached hydrogen (secondary N) is 1. The molecule has 9 heteroatoms. The van der Waals surface area contributed by atoms with Crippen LogP contribution in [0.5, 0.6) is 5.75 Å². The predicted octanol–water partition coefficient (Wildman–Crippen LogP) is 7.30. The van der Waals surface area contributed by atoms with Crippen molar-refractivity contribution in [3.63, 3.8) is 0 Å². The second kappa shape index (κ2) is 10.2. The molecular weight excluding hydrogens is 525 g/mol. The van der Waals surface area contributed by atoms with Crippen molar-refractivity contribution in [2.24, 2.45) is 0 Å². The molecule has 39 heavy (non-hydrogen) atoms. The van der Waals surface area contributed by atoms with E-state index in [4.69, 9.17) is 16.3 Å². The van der Waals surface area contributed by atoms with Gasteiger partial charge in [0.15, 0.2) is 0 Å². The lowest BCUT2D eigenvalue weighted by Crippen LogP contribution is -2.47. The van der Waals surface area contributed by atoms with E-state index in [0.29, 0.717) is 36.6 Å². The summed E-state index contributed by atoms with van der Waals surface area (Å²) in [5, 5.41) is 4.73. The number of aryl methyl sites for hydroxylation is 1. The van der Waals surface area contributed by atoms with Gasteiger partial charge in [-0.3, -0.25) is 9.88 Å². The van der Waals surface area contributed by atoms with Crippen LogP contribution < -0.4 is 15.0 Å². The number of alkyl halides is 3. The van der Waals surface area contributed by atoms with Crippen LogP contribution in [0.1, 0.15) is 17.7 Å². The standard InChI is InChI=1S/C30H28ClF3N4O/c1-19-12-29(27-4-2-3-5-28(27)35-19)36-22-13-20(30(32,33)34)14-26(15-22)39-11-10-37-17-25-16-24(37)18-38(25)23-8-6-21(31)7-9-23/h2-9,12-15,24-25H,10-11,16-18H2,1H3,(H,35,36). The number of aromatic nitrogens is 1. The van der Waals surface area contributed by atoms with Crippen LogP contribution in [-0.4, -0.2) is 48.2 Å². The molecule has 0 spiro atoms. The summed E-state index contributed by atoms with van der Waals surface area (Å²) in [5.41, 5.74) is 2.98. The van der Waals surface area contributed by atoms with Crippen LogP contribution >= 0.6 is 11.6 Å². The van der Waals surface area contributed by atoms with E-state index in [2.05, 4.69) is 20.1 Å². The van der Waals surface area contributed by atoms with E-state index in [1.165, 1.54) is 5.69 Å². The summed E-state index contributed by atoms with van der Waals surface area (Å²) >= 11 is 6.03. The van der Waals surface area contributed by atoms with E-state index in [1.807, 2.05) is 61.5 Å². The number of hydrogen-bond donors (Lipinski definition) is 1. The molecule has 3 heterocycles. The van der Waals surface area contributed by atoms with Crippen LogP contribution in [0.2, 0.25) is 5.02 Å². The number of para-hydroxylation sites is 1. The zero-order valence-electron chi connectivity index (χ0n) is 21.4. The first kappa shape index (κ1) is 25.8. The third-order valence-electron chi connectivity index (χ3n) is 7.52. The summed E-state index contributed by atoms with van der Waals surface area (Å²) in [5.74, 6) is 0.189. The molecular formula is C30H28ClF3N4O. The first-order valence-corrected chi connectivity index (χ1v) is 13.4. The minimum Gasteiger partial charge on any atom is -0.492 e. The van der Waals surface area contributed by atoms with Gasteiger partial charge in [-0.1, -0.05) is 29.8 Å². The summed E-state index contributed by atoms with van der Waals surface area (Å²) in [6.45, 7) is 4.65. The third-order valence-corrected chi connectivity index (χ3v) is 7.77. The molecule has 3 aromatic carbocycles. The largest absolute Gasteiger partial charge is 0.492 e. The lowest BCUT2D eigenvalue weighted by atomic mass is 10.1. The van der Waals surface area contributed by atoms with Gasteiger partial charge in [0.05, 0.1) is 11.1 Å². The highest BCUT2D eigenvalue weighted by Gasteiger charge is 2.43. The molecule has 2 unspecified atom stereocenters. The lowest BCUT2D eigenvalue weighted by Gasteiger charge is -2.35. The maximum Gasteiger partial charge on any atom is 0.416 e. The number of benzene rings is 3. The van der Waals surface area contributed by atoms with Gasteiger partial charge in [-0.2, -0.15) is 13.2 Å². The second-order valence-electron chi connectivity index (χ2n) is 10.2. The van der Waals surface area contributed by atoms with Crippen LogP contribution in [0.3, 0.4) is 0 Å². The van der Waals surface area contributed by atoms with E-state index < -0.39 is 11.7 Å². The molecule has 0 amide bonds. The number of ether oxygens (including phenoxy) is 1. The molecule has 0 radical (unpaired) electrons. The van der Waals surface area contributed by atoms with Gasteiger partial charge in [-0.25, -0.2) is 0 Å². The van der Waals surface area contributed by atoms with Crippen molar-refractivity contribution in [2.75, 3.05) is 36.5 Å². The summed E-state index contributed by atoms with van der Waals surface area (Å²) in [4.78, 5) is 9.30. The van der Waals surface area contributed by atoms with Gasteiger partial charge < -0.3 is 15.0 Å². The highest BCUT2D eigenvalue weighted by molar-refractivity contribution is 6.30. The first-order chi connectivity index (χ1) is 18.7. The quantitative estimate of drug-likeness (QED) is 0.260. The van der Waals surface area contributed by atoms with E-state index in [-0.39, 0.29) is 5.75 Å². The maximum absolute atomic E-state index is 13.8. The monoisotopic (exact) mass is 552 g/mol. The molecule has 2 bridgehead atoms. The summed E-state index contributed by atoms with van der Waals surface area (Å²) in [7, 11) is 0. The first-order valence-electron chi connectivity index (χ1n) is 13.0. The number of fused-ring (bicyclic) bond motifs is 3. The lowest BCUT2D eigenvalue weighted by molar-refractivity contribution is -0.137. The number of halogens is 4. The van der Waals surface area contributed by atoms with Gasteiger partial charge in [-0.15, -0.1) is 0 Å². The van der Waals surface area contributed by atoms with Gasteiger partial charge in [0.2, 0.25) is 0 Å². The van der Waals surface area contributed by atoms with Gasteiger partial charge >= 0.3 is 6.18 Å². The normalized spacial score (nSPS) is 19.2. The van der Waals surface area contributed by atoms with Crippen LogP contribution in [0, 0.1) is 6.92 Å². The van der Waals surface area contributed by atoms with E-state index in [0.717, 1.165) is 53.3 Å².